The van der Waals surface area contributed by atoms with E-state index in [1.165, 1.54) is 49.5 Å². The first kappa shape index (κ1) is 37.1. The topological polar surface area (TPSA) is 50.2 Å². The fourth-order valence-corrected chi connectivity index (χ4v) is 5.46. The summed E-state index contributed by atoms with van der Waals surface area (Å²) in [6.07, 6.45) is 4.94. The molecule has 0 saturated heterocycles. The van der Waals surface area contributed by atoms with Crippen molar-refractivity contribution in [3.8, 4) is 11.3 Å². The van der Waals surface area contributed by atoms with Crippen LogP contribution in [0.2, 0.25) is 0 Å². The van der Waals surface area contributed by atoms with Gasteiger partial charge in [-0.2, -0.15) is 0 Å². The molecule has 1 radical (unpaired) electrons. The van der Waals surface area contributed by atoms with E-state index >= 15 is 0 Å². The van der Waals surface area contributed by atoms with Crippen LogP contribution in [0.15, 0.2) is 78.7 Å². The number of carbonyl (C=O) groups excluding carboxylic acids is 1. The van der Waals surface area contributed by atoms with Gasteiger partial charge in [0.25, 0.3) is 0 Å². The van der Waals surface area contributed by atoms with Gasteiger partial charge < -0.3 is 10.1 Å². The average Bonchev–Trinajstić information content (AvgIpc) is 2.99. The Morgan fingerprint density at radius 3 is 1.96 bits per heavy atom. The molecule has 0 bridgehead atoms. The van der Waals surface area contributed by atoms with Crippen molar-refractivity contribution in [3.63, 3.8) is 0 Å². The second-order valence-corrected chi connectivity index (χ2v) is 14.8. The largest absolute Gasteiger partial charge is 0.512 e. The van der Waals surface area contributed by atoms with E-state index in [0.717, 1.165) is 29.7 Å². The Balaban J connectivity index is 0.000000309. The number of hydrogen-bond donors (Lipinski definition) is 1. The molecule has 0 fully saturated rings. The van der Waals surface area contributed by atoms with Gasteiger partial charge in [-0.3, -0.25) is 4.79 Å². The zero-order valence-corrected chi connectivity index (χ0v) is 31.9. The minimum atomic E-state index is -0.377. The number of fused-ring (bicyclic) bond motifs is 6. The Hall–Kier alpha value is -3.33. The van der Waals surface area contributed by atoms with Crippen molar-refractivity contribution in [2.45, 2.75) is 94.4 Å². The van der Waals surface area contributed by atoms with Crippen molar-refractivity contribution in [3.05, 3.63) is 101 Å². The SMILES string of the molecule is CCC(C)(C)C(=O)/C=C(\O)C(C)(C)CC.Cc1[c-]c(-c2nccc3c4cc(C(C)(C)C)ccc4c4ccccc4c23)cc(C)c1.[Ir]. The quantitative estimate of drug-likeness (QED) is 0.0806. The number of rotatable bonds is 6. The number of aliphatic hydroxyl groups excluding tert-OH is 1. The Morgan fingerprint density at radius 1 is 0.783 bits per heavy atom. The van der Waals surface area contributed by atoms with E-state index in [9.17, 15) is 9.90 Å². The van der Waals surface area contributed by atoms with Gasteiger partial charge in [-0.25, -0.2) is 0 Å². The monoisotopic (exact) mass is 793 g/mol. The molecule has 0 aliphatic heterocycles. The van der Waals surface area contributed by atoms with E-state index in [4.69, 9.17) is 4.98 Å². The van der Waals surface area contributed by atoms with Crippen LogP contribution in [-0.2, 0) is 30.3 Å². The van der Waals surface area contributed by atoms with Crippen LogP contribution in [0.25, 0.3) is 43.6 Å². The van der Waals surface area contributed by atoms with Gasteiger partial charge in [-0.1, -0.05) is 119 Å². The number of benzene rings is 4. The number of hydrogen-bond acceptors (Lipinski definition) is 3. The molecule has 0 spiro atoms. The number of allylic oxidation sites excluding steroid dienone is 2. The molecule has 1 heterocycles. The van der Waals surface area contributed by atoms with Gasteiger partial charge in [-0.15, -0.1) is 34.9 Å². The summed E-state index contributed by atoms with van der Waals surface area (Å²) in [5.41, 5.74) is 5.22. The Morgan fingerprint density at radius 2 is 1.37 bits per heavy atom. The molecule has 0 saturated carbocycles. The van der Waals surface area contributed by atoms with E-state index in [-0.39, 0.29) is 47.9 Å². The zero-order valence-electron chi connectivity index (χ0n) is 29.5. The molecule has 4 aromatic carbocycles. The van der Waals surface area contributed by atoms with Crippen LogP contribution in [0.3, 0.4) is 0 Å². The van der Waals surface area contributed by atoms with Crippen LogP contribution in [0.4, 0.5) is 0 Å². The number of pyridine rings is 1. The van der Waals surface area contributed by atoms with E-state index in [1.807, 2.05) is 47.7 Å². The number of carbonyl (C=O) groups is 1. The first-order chi connectivity index (χ1) is 21.0. The van der Waals surface area contributed by atoms with Gasteiger partial charge in [0.2, 0.25) is 0 Å². The van der Waals surface area contributed by atoms with E-state index < -0.39 is 0 Å². The van der Waals surface area contributed by atoms with Gasteiger partial charge in [0, 0.05) is 43.2 Å². The van der Waals surface area contributed by atoms with Gasteiger partial charge >= 0.3 is 0 Å². The summed E-state index contributed by atoms with van der Waals surface area (Å²) in [5.74, 6) is 0.195. The van der Waals surface area contributed by atoms with Crippen molar-refractivity contribution in [1.29, 1.82) is 0 Å². The van der Waals surface area contributed by atoms with Crippen LogP contribution < -0.4 is 0 Å². The molecule has 5 rings (SSSR count). The molecule has 4 heteroatoms. The maximum Gasteiger partial charge on any atom is 0.164 e. The van der Waals surface area contributed by atoms with Crippen molar-refractivity contribution in [2.24, 2.45) is 10.8 Å². The van der Waals surface area contributed by atoms with Crippen molar-refractivity contribution >= 4 is 38.1 Å². The smallest absolute Gasteiger partial charge is 0.164 e. The molecule has 1 N–H and O–H groups in total. The van der Waals surface area contributed by atoms with E-state index in [0.29, 0.717) is 0 Å². The third-order valence-corrected chi connectivity index (χ3v) is 9.41. The zero-order chi connectivity index (χ0) is 33.3. The van der Waals surface area contributed by atoms with Gasteiger partial charge in [0.1, 0.15) is 5.76 Å². The summed E-state index contributed by atoms with van der Waals surface area (Å²) in [4.78, 5) is 16.7. The normalized spacial score (nSPS) is 12.5. The summed E-state index contributed by atoms with van der Waals surface area (Å²) >= 11 is 0. The van der Waals surface area contributed by atoms with Crippen molar-refractivity contribution in [2.75, 3.05) is 0 Å². The summed E-state index contributed by atoms with van der Waals surface area (Å²) in [6, 6.07) is 25.7. The third kappa shape index (κ3) is 7.78. The first-order valence-corrected chi connectivity index (χ1v) is 16.2. The van der Waals surface area contributed by atoms with E-state index in [2.05, 4.69) is 101 Å². The van der Waals surface area contributed by atoms with Gasteiger partial charge in [0.15, 0.2) is 5.78 Å². The number of aliphatic hydroxyl groups is 1. The number of aryl methyl sites for hydroxylation is 2. The molecule has 3 nitrogen and oxygen atoms in total. The molecular formula is C42H50IrNO2-. The second-order valence-electron chi connectivity index (χ2n) is 14.8. The predicted octanol–water partition coefficient (Wildman–Crippen LogP) is 11.8. The molecule has 5 aromatic rings. The molecule has 0 unspecified atom stereocenters. The summed E-state index contributed by atoms with van der Waals surface area (Å²) in [6.45, 7) is 22.7. The molecule has 46 heavy (non-hydrogen) atoms. The summed E-state index contributed by atoms with van der Waals surface area (Å²) in [5, 5.41) is 17.4. The first-order valence-electron chi connectivity index (χ1n) is 16.2. The molecule has 0 aliphatic carbocycles. The Labute approximate surface area is 289 Å². The minimum absolute atomic E-state index is 0. The van der Waals surface area contributed by atoms with Gasteiger partial charge in [0.05, 0.1) is 0 Å². The average molecular weight is 793 g/mol. The Kier molecular flexibility index (Phi) is 11.5. The summed E-state index contributed by atoms with van der Waals surface area (Å²) in [7, 11) is 0. The van der Waals surface area contributed by atoms with Crippen LogP contribution in [0, 0.1) is 30.7 Å². The van der Waals surface area contributed by atoms with E-state index in [1.54, 1.807) is 0 Å². The maximum atomic E-state index is 11.8. The van der Waals surface area contributed by atoms with Crippen LogP contribution in [-0.4, -0.2) is 15.9 Å². The number of ketones is 1. The van der Waals surface area contributed by atoms with Crippen LogP contribution in [0.5, 0.6) is 0 Å². The molecular weight excluding hydrogens is 743 g/mol. The number of nitrogens with zero attached hydrogens (tertiary/aromatic N) is 1. The minimum Gasteiger partial charge on any atom is -0.512 e. The molecule has 0 atom stereocenters. The molecule has 0 aliphatic rings. The Bertz CT molecular complexity index is 1890. The standard InChI is InChI=1S/C29H26N.C13H24O2.Ir/c1-18-14-19(2)16-20(15-18)28-27-24-9-7-6-8-22(24)23-11-10-21(29(3,4)5)17-26(23)25(27)12-13-30-28;1-7-12(3,4)10(14)9-11(15)13(5,6)8-2;/h6-15,17H,1-5H3;9,14H,7-8H2,1-6H3;/q-1;;/b;10-9-;. The van der Waals surface area contributed by atoms with Crippen LogP contribution in [0.1, 0.15) is 91.8 Å². The number of aromatic nitrogens is 1. The van der Waals surface area contributed by atoms with Crippen LogP contribution >= 0.6 is 0 Å². The van der Waals surface area contributed by atoms with Crippen molar-refractivity contribution < 1.29 is 30.0 Å². The predicted molar refractivity (Wildman–Crippen MR) is 193 cm³/mol. The second kappa shape index (κ2) is 14.2. The fraction of sp³-hybridized carbons (Fsp3) is 0.381. The third-order valence-electron chi connectivity index (χ3n) is 9.41. The van der Waals surface area contributed by atoms with Gasteiger partial charge in [-0.05, 0) is 67.9 Å². The molecule has 245 valence electrons. The summed E-state index contributed by atoms with van der Waals surface area (Å²) < 4.78 is 0. The van der Waals surface area contributed by atoms with Crippen molar-refractivity contribution in [1.82, 2.24) is 4.98 Å². The molecule has 1 aromatic heterocycles. The molecule has 0 amide bonds. The fourth-order valence-electron chi connectivity index (χ4n) is 5.46. The maximum absolute atomic E-state index is 11.8.